The Morgan fingerprint density at radius 1 is 1.17 bits per heavy atom. The van der Waals surface area contributed by atoms with Crippen molar-refractivity contribution >= 4 is 0 Å². The predicted octanol–water partition coefficient (Wildman–Crippen LogP) is 1.61. The molecular weight excluding hydrogens is 290 g/mol. The van der Waals surface area contributed by atoms with Crippen molar-refractivity contribution in [3.63, 3.8) is 0 Å². The van der Waals surface area contributed by atoms with Crippen molar-refractivity contribution in [1.82, 2.24) is 24.6 Å². The Morgan fingerprint density at radius 3 is 2.65 bits per heavy atom. The number of nitrogens with one attached hydrogen (secondary N) is 2. The van der Waals surface area contributed by atoms with Gasteiger partial charge in [-0.3, -0.25) is 4.57 Å². The molecule has 3 aromatic rings. The van der Waals surface area contributed by atoms with Gasteiger partial charge in [0.2, 0.25) is 0 Å². The van der Waals surface area contributed by atoms with Crippen LogP contribution < -0.4 is 11.0 Å². The molecular formula is C17H19N5O. The third-order valence-corrected chi connectivity index (χ3v) is 4.21. The van der Waals surface area contributed by atoms with Gasteiger partial charge in [-0.1, -0.05) is 6.07 Å². The second kappa shape index (κ2) is 5.24. The standard InChI is InChI=1S/C17H19N5O/c1-11-7-12(2)9-13(8-11)22-16(21-6-5-19-17(21)23)14-10-18-4-3-15(14)20-22/h5-9,18H,3-4,10H2,1-2H3,(H,19,23). The maximum Gasteiger partial charge on any atom is 0.331 e. The number of aromatic amines is 1. The molecule has 3 heterocycles. The summed E-state index contributed by atoms with van der Waals surface area (Å²) in [5.74, 6) is 0.823. The highest BCUT2D eigenvalue weighted by atomic mass is 16.1. The van der Waals surface area contributed by atoms with Crippen LogP contribution in [0.25, 0.3) is 11.5 Å². The van der Waals surface area contributed by atoms with Gasteiger partial charge in [-0.2, -0.15) is 5.10 Å². The van der Waals surface area contributed by atoms with Gasteiger partial charge in [0.15, 0.2) is 0 Å². The van der Waals surface area contributed by atoms with Crippen LogP contribution in [-0.4, -0.2) is 25.9 Å². The lowest BCUT2D eigenvalue weighted by Crippen LogP contribution is -2.25. The number of hydrogen-bond donors (Lipinski definition) is 2. The number of H-pyrrole nitrogens is 1. The zero-order valence-corrected chi connectivity index (χ0v) is 13.3. The molecule has 6 nitrogen and oxygen atoms in total. The largest absolute Gasteiger partial charge is 0.331 e. The summed E-state index contributed by atoms with van der Waals surface area (Å²) in [5, 5.41) is 8.17. The van der Waals surface area contributed by atoms with E-state index in [1.54, 1.807) is 17.0 Å². The number of imidazole rings is 1. The van der Waals surface area contributed by atoms with Crippen molar-refractivity contribution in [3.8, 4) is 11.5 Å². The van der Waals surface area contributed by atoms with Crippen LogP contribution in [-0.2, 0) is 13.0 Å². The molecule has 1 aromatic carbocycles. The van der Waals surface area contributed by atoms with Crippen LogP contribution in [0.4, 0.5) is 0 Å². The highest BCUT2D eigenvalue weighted by Gasteiger charge is 2.23. The number of benzene rings is 1. The van der Waals surface area contributed by atoms with Crippen molar-refractivity contribution in [2.24, 2.45) is 0 Å². The summed E-state index contributed by atoms with van der Waals surface area (Å²) in [6.07, 6.45) is 4.29. The second-order valence-corrected chi connectivity index (χ2v) is 6.07. The Kier molecular flexibility index (Phi) is 3.20. The minimum atomic E-state index is -0.149. The maximum atomic E-state index is 12.2. The molecule has 0 atom stereocenters. The van der Waals surface area contributed by atoms with Gasteiger partial charge >= 0.3 is 5.69 Å². The average Bonchev–Trinajstić information content (AvgIpc) is 3.09. The summed E-state index contributed by atoms with van der Waals surface area (Å²) in [4.78, 5) is 14.9. The van der Waals surface area contributed by atoms with E-state index in [1.807, 2.05) is 4.68 Å². The molecule has 118 valence electrons. The molecule has 0 unspecified atom stereocenters. The molecule has 2 aromatic heterocycles. The number of aryl methyl sites for hydroxylation is 2. The molecule has 0 saturated heterocycles. The van der Waals surface area contributed by atoms with Crippen LogP contribution in [0.5, 0.6) is 0 Å². The highest BCUT2D eigenvalue weighted by Crippen LogP contribution is 2.25. The van der Waals surface area contributed by atoms with E-state index in [4.69, 9.17) is 5.10 Å². The molecule has 1 aliphatic heterocycles. The fourth-order valence-electron chi connectivity index (χ4n) is 3.27. The van der Waals surface area contributed by atoms with E-state index in [9.17, 15) is 4.79 Å². The third kappa shape index (κ3) is 2.31. The van der Waals surface area contributed by atoms with E-state index < -0.39 is 0 Å². The summed E-state index contributed by atoms with van der Waals surface area (Å²) in [5.41, 5.74) is 5.35. The molecule has 4 rings (SSSR count). The minimum Gasteiger partial charge on any atom is -0.312 e. The Labute approximate surface area is 133 Å². The normalized spacial score (nSPS) is 14.0. The molecule has 0 saturated carbocycles. The van der Waals surface area contributed by atoms with Gasteiger partial charge in [0.25, 0.3) is 0 Å². The first-order valence-corrected chi connectivity index (χ1v) is 7.80. The van der Waals surface area contributed by atoms with Crippen molar-refractivity contribution < 1.29 is 0 Å². The Hall–Kier alpha value is -2.60. The molecule has 0 fully saturated rings. The topological polar surface area (TPSA) is 67.6 Å². The number of nitrogens with zero attached hydrogens (tertiary/aromatic N) is 3. The molecule has 0 aliphatic carbocycles. The zero-order chi connectivity index (χ0) is 16.0. The van der Waals surface area contributed by atoms with Gasteiger partial charge in [-0.05, 0) is 37.1 Å². The van der Waals surface area contributed by atoms with Crippen LogP contribution >= 0.6 is 0 Å². The molecule has 6 heteroatoms. The Morgan fingerprint density at radius 2 is 1.96 bits per heavy atom. The lowest BCUT2D eigenvalue weighted by atomic mass is 10.1. The third-order valence-electron chi connectivity index (χ3n) is 4.21. The molecule has 23 heavy (non-hydrogen) atoms. The molecule has 0 bridgehead atoms. The van der Waals surface area contributed by atoms with Crippen LogP contribution in [0, 0.1) is 13.8 Å². The number of fused-ring (bicyclic) bond motifs is 1. The fourth-order valence-corrected chi connectivity index (χ4v) is 3.27. The van der Waals surface area contributed by atoms with Crippen LogP contribution in [0.2, 0.25) is 0 Å². The van der Waals surface area contributed by atoms with E-state index in [0.29, 0.717) is 0 Å². The predicted molar refractivity (Wildman–Crippen MR) is 88.4 cm³/mol. The van der Waals surface area contributed by atoms with Gasteiger partial charge in [0.05, 0.1) is 11.4 Å². The lowest BCUT2D eigenvalue weighted by Gasteiger charge is -2.13. The van der Waals surface area contributed by atoms with Gasteiger partial charge in [0, 0.05) is 37.5 Å². The van der Waals surface area contributed by atoms with Crippen molar-refractivity contribution in [2.45, 2.75) is 26.8 Å². The fraction of sp³-hybridized carbons (Fsp3) is 0.294. The molecule has 0 amide bonds. The highest BCUT2D eigenvalue weighted by molar-refractivity contribution is 5.49. The molecule has 0 spiro atoms. The van der Waals surface area contributed by atoms with Crippen LogP contribution in [0.3, 0.4) is 0 Å². The number of rotatable bonds is 2. The lowest BCUT2D eigenvalue weighted by molar-refractivity contribution is 0.634. The Balaban J connectivity index is 2.01. The average molecular weight is 309 g/mol. The van der Waals surface area contributed by atoms with Gasteiger partial charge in [-0.25, -0.2) is 9.48 Å². The SMILES string of the molecule is Cc1cc(C)cc(-n2nc3c(c2-n2cc[nH]c2=O)CNCC3)c1. The molecule has 2 N–H and O–H groups in total. The summed E-state index contributed by atoms with van der Waals surface area (Å²) in [6, 6.07) is 6.33. The molecule has 0 radical (unpaired) electrons. The van der Waals surface area contributed by atoms with Gasteiger partial charge in [-0.15, -0.1) is 0 Å². The van der Waals surface area contributed by atoms with E-state index >= 15 is 0 Å². The first-order valence-electron chi connectivity index (χ1n) is 7.80. The smallest absolute Gasteiger partial charge is 0.312 e. The zero-order valence-electron chi connectivity index (χ0n) is 13.3. The van der Waals surface area contributed by atoms with Gasteiger partial charge < -0.3 is 10.3 Å². The van der Waals surface area contributed by atoms with E-state index in [1.165, 1.54) is 11.1 Å². The van der Waals surface area contributed by atoms with E-state index in [0.717, 1.165) is 42.3 Å². The van der Waals surface area contributed by atoms with E-state index in [2.05, 4.69) is 42.3 Å². The van der Waals surface area contributed by atoms with Crippen molar-refractivity contribution in [2.75, 3.05) is 6.54 Å². The second-order valence-electron chi connectivity index (χ2n) is 6.07. The van der Waals surface area contributed by atoms with Crippen LogP contribution in [0.1, 0.15) is 22.4 Å². The summed E-state index contributed by atoms with van der Waals surface area (Å²) < 4.78 is 3.53. The minimum absolute atomic E-state index is 0.149. The summed E-state index contributed by atoms with van der Waals surface area (Å²) in [6.45, 7) is 5.79. The first-order chi connectivity index (χ1) is 11.1. The molecule has 1 aliphatic rings. The van der Waals surface area contributed by atoms with Crippen LogP contribution in [0.15, 0.2) is 35.4 Å². The first kappa shape index (κ1) is 14.0. The Bertz CT molecular complexity index is 911. The van der Waals surface area contributed by atoms with Gasteiger partial charge in [0.1, 0.15) is 5.82 Å². The monoisotopic (exact) mass is 309 g/mol. The summed E-state index contributed by atoms with van der Waals surface area (Å²) in [7, 11) is 0. The van der Waals surface area contributed by atoms with E-state index in [-0.39, 0.29) is 5.69 Å². The van der Waals surface area contributed by atoms with Crippen molar-refractivity contribution in [3.05, 3.63) is 63.5 Å². The summed E-state index contributed by atoms with van der Waals surface area (Å²) >= 11 is 0. The number of aromatic nitrogens is 4. The maximum absolute atomic E-state index is 12.2. The number of hydrogen-bond acceptors (Lipinski definition) is 3. The van der Waals surface area contributed by atoms with Crippen molar-refractivity contribution in [1.29, 1.82) is 0 Å². The quantitative estimate of drug-likeness (QED) is 0.756.